The first-order valence-corrected chi connectivity index (χ1v) is 5.25. The second-order valence-corrected chi connectivity index (χ2v) is 4.21. The zero-order chi connectivity index (χ0) is 9.26. The Hall–Kier alpha value is -0.340. The van der Waals surface area contributed by atoms with E-state index in [0.717, 1.165) is 0 Å². The van der Waals surface area contributed by atoms with Gasteiger partial charge in [0.15, 0.2) is 0 Å². The molecule has 4 unspecified atom stereocenters. The predicted octanol–water partition coefficient (Wildman–Crippen LogP) is 1.74. The van der Waals surface area contributed by atoms with E-state index in [2.05, 4.69) is 19.1 Å². The van der Waals surface area contributed by atoms with Crippen molar-refractivity contribution in [3.63, 3.8) is 0 Å². The third kappa shape index (κ3) is 1.79. The fourth-order valence-electron chi connectivity index (χ4n) is 2.58. The van der Waals surface area contributed by atoms with Crippen molar-refractivity contribution in [1.29, 1.82) is 0 Å². The zero-order valence-corrected chi connectivity index (χ0v) is 8.15. The van der Waals surface area contributed by atoms with Gasteiger partial charge in [-0.3, -0.25) is 0 Å². The molecule has 0 aromatic heterocycles. The van der Waals surface area contributed by atoms with E-state index in [-0.39, 0.29) is 12.2 Å². The molecule has 0 spiro atoms. The van der Waals surface area contributed by atoms with Gasteiger partial charge >= 0.3 is 0 Å². The average Bonchev–Trinajstić information content (AvgIpc) is 2.48. The smallest absolute Gasteiger partial charge is 0.0832 e. The van der Waals surface area contributed by atoms with Crippen LogP contribution in [0.3, 0.4) is 0 Å². The van der Waals surface area contributed by atoms with Gasteiger partial charge in [0.1, 0.15) is 0 Å². The third-order valence-corrected chi connectivity index (χ3v) is 3.30. The van der Waals surface area contributed by atoms with Crippen molar-refractivity contribution in [2.75, 3.05) is 6.61 Å². The summed E-state index contributed by atoms with van der Waals surface area (Å²) in [5.74, 6) is 0.873. The highest BCUT2D eigenvalue weighted by atomic mass is 16.5. The van der Waals surface area contributed by atoms with Gasteiger partial charge in [-0.1, -0.05) is 12.2 Å². The molecule has 1 saturated heterocycles. The first-order valence-electron chi connectivity index (χ1n) is 5.25. The Labute approximate surface area is 79.6 Å². The van der Waals surface area contributed by atoms with E-state index in [0.29, 0.717) is 18.4 Å². The molecule has 2 rings (SSSR count). The fraction of sp³-hybridized carbons (Fsp3) is 0.818. The minimum absolute atomic E-state index is 0.225. The van der Waals surface area contributed by atoms with Gasteiger partial charge in [0.05, 0.1) is 18.8 Å². The van der Waals surface area contributed by atoms with Gasteiger partial charge in [0.25, 0.3) is 0 Å². The number of aliphatic hydroxyl groups is 1. The van der Waals surface area contributed by atoms with E-state index in [9.17, 15) is 5.11 Å². The van der Waals surface area contributed by atoms with Crippen molar-refractivity contribution < 1.29 is 9.84 Å². The molecule has 0 radical (unpaired) electrons. The van der Waals surface area contributed by atoms with Crippen LogP contribution in [0.4, 0.5) is 0 Å². The molecule has 2 heteroatoms. The van der Waals surface area contributed by atoms with Gasteiger partial charge in [0, 0.05) is 5.92 Å². The third-order valence-electron chi connectivity index (χ3n) is 3.30. The van der Waals surface area contributed by atoms with Crippen molar-refractivity contribution in [1.82, 2.24) is 0 Å². The van der Waals surface area contributed by atoms with Crippen LogP contribution in [0.25, 0.3) is 0 Å². The summed E-state index contributed by atoms with van der Waals surface area (Å²) in [5, 5.41) is 9.75. The van der Waals surface area contributed by atoms with E-state index in [1.165, 1.54) is 19.3 Å². The van der Waals surface area contributed by atoms with Crippen molar-refractivity contribution in [2.24, 2.45) is 11.8 Å². The van der Waals surface area contributed by atoms with Crippen molar-refractivity contribution in [3.8, 4) is 0 Å². The van der Waals surface area contributed by atoms with Crippen LogP contribution in [0.15, 0.2) is 12.2 Å². The van der Waals surface area contributed by atoms with Gasteiger partial charge in [0.2, 0.25) is 0 Å². The van der Waals surface area contributed by atoms with E-state index in [1.54, 1.807) is 0 Å². The molecule has 2 aliphatic rings. The maximum absolute atomic E-state index is 9.75. The summed E-state index contributed by atoms with van der Waals surface area (Å²) in [4.78, 5) is 0. The molecule has 74 valence electrons. The van der Waals surface area contributed by atoms with Crippen LogP contribution in [0.1, 0.15) is 26.2 Å². The van der Waals surface area contributed by atoms with Gasteiger partial charge < -0.3 is 9.84 Å². The molecule has 0 amide bonds. The Morgan fingerprint density at radius 2 is 2.31 bits per heavy atom. The van der Waals surface area contributed by atoms with Gasteiger partial charge in [-0.15, -0.1) is 0 Å². The molecule has 4 atom stereocenters. The SMILES string of the molecule is CC1OCC(O)C1C1C=CCCC1. The maximum atomic E-state index is 9.75. The van der Waals surface area contributed by atoms with Crippen LogP contribution >= 0.6 is 0 Å². The van der Waals surface area contributed by atoms with Crippen LogP contribution in [-0.4, -0.2) is 23.9 Å². The van der Waals surface area contributed by atoms with Crippen molar-refractivity contribution in [2.45, 2.75) is 38.4 Å². The molecule has 0 bridgehead atoms. The van der Waals surface area contributed by atoms with Crippen LogP contribution in [-0.2, 0) is 4.74 Å². The van der Waals surface area contributed by atoms with Crippen LogP contribution in [0, 0.1) is 11.8 Å². The molecular formula is C11H18O2. The summed E-state index contributed by atoms with van der Waals surface area (Å²) >= 11 is 0. The number of rotatable bonds is 1. The maximum Gasteiger partial charge on any atom is 0.0832 e. The monoisotopic (exact) mass is 182 g/mol. The Kier molecular flexibility index (Phi) is 2.70. The van der Waals surface area contributed by atoms with Crippen molar-refractivity contribution >= 4 is 0 Å². The number of hydrogen-bond acceptors (Lipinski definition) is 2. The first-order chi connectivity index (χ1) is 6.29. The molecule has 1 aliphatic heterocycles. The standard InChI is InChI=1S/C11H18O2/c1-8-11(10(12)7-13-8)9-5-3-2-4-6-9/h3,5,8-12H,2,4,6-7H2,1H3. The van der Waals surface area contributed by atoms with E-state index in [4.69, 9.17) is 4.74 Å². The summed E-state index contributed by atoms with van der Waals surface area (Å²) in [5.41, 5.74) is 0. The van der Waals surface area contributed by atoms with E-state index >= 15 is 0 Å². The lowest BCUT2D eigenvalue weighted by Crippen LogP contribution is -2.30. The second-order valence-electron chi connectivity index (χ2n) is 4.21. The van der Waals surface area contributed by atoms with Crippen LogP contribution < -0.4 is 0 Å². The minimum Gasteiger partial charge on any atom is -0.390 e. The predicted molar refractivity (Wildman–Crippen MR) is 51.4 cm³/mol. The van der Waals surface area contributed by atoms with Crippen LogP contribution in [0.5, 0.6) is 0 Å². The Balaban J connectivity index is 2.05. The highest BCUT2D eigenvalue weighted by Gasteiger charge is 2.37. The molecule has 0 aromatic carbocycles. The topological polar surface area (TPSA) is 29.5 Å². The number of allylic oxidation sites excluding steroid dienone is 2. The van der Waals surface area contributed by atoms with E-state index < -0.39 is 0 Å². The Bertz CT molecular complexity index is 190. The number of aliphatic hydroxyl groups excluding tert-OH is 1. The highest BCUT2D eigenvalue weighted by molar-refractivity contribution is 5.00. The second kappa shape index (κ2) is 3.81. The van der Waals surface area contributed by atoms with Gasteiger partial charge in [-0.2, -0.15) is 0 Å². The summed E-state index contributed by atoms with van der Waals surface area (Å²) in [7, 11) is 0. The lowest BCUT2D eigenvalue weighted by Gasteiger charge is -2.27. The van der Waals surface area contributed by atoms with Gasteiger partial charge in [-0.05, 0) is 32.1 Å². The lowest BCUT2D eigenvalue weighted by molar-refractivity contribution is 0.0935. The normalized spacial score (nSPS) is 45.4. The molecule has 1 aliphatic carbocycles. The molecule has 1 heterocycles. The Morgan fingerprint density at radius 1 is 1.46 bits per heavy atom. The molecule has 0 aromatic rings. The van der Waals surface area contributed by atoms with E-state index in [1.807, 2.05) is 0 Å². The summed E-state index contributed by atoms with van der Waals surface area (Å²) in [6.07, 6.45) is 8.16. The molecule has 0 saturated carbocycles. The first kappa shape index (κ1) is 9.22. The zero-order valence-electron chi connectivity index (χ0n) is 8.15. The summed E-state index contributed by atoms with van der Waals surface area (Å²) in [6.45, 7) is 2.60. The summed E-state index contributed by atoms with van der Waals surface area (Å²) in [6, 6.07) is 0. The summed E-state index contributed by atoms with van der Waals surface area (Å²) < 4.78 is 5.45. The average molecular weight is 182 g/mol. The molecule has 2 nitrogen and oxygen atoms in total. The van der Waals surface area contributed by atoms with Crippen LogP contribution in [0.2, 0.25) is 0 Å². The lowest BCUT2D eigenvalue weighted by atomic mass is 9.80. The minimum atomic E-state index is -0.247. The highest BCUT2D eigenvalue weighted by Crippen LogP contribution is 2.34. The number of hydrogen-bond donors (Lipinski definition) is 1. The molecular weight excluding hydrogens is 164 g/mol. The Morgan fingerprint density at radius 3 is 2.85 bits per heavy atom. The quantitative estimate of drug-likeness (QED) is 0.626. The van der Waals surface area contributed by atoms with Gasteiger partial charge in [-0.25, -0.2) is 0 Å². The molecule has 13 heavy (non-hydrogen) atoms. The van der Waals surface area contributed by atoms with Crippen molar-refractivity contribution in [3.05, 3.63) is 12.2 Å². The fourth-order valence-corrected chi connectivity index (χ4v) is 2.58. The largest absolute Gasteiger partial charge is 0.390 e. The molecule has 1 N–H and O–H groups in total. The number of ether oxygens (including phenoxy) is 1. The molecule has 1 fully saturated rings.